The van der Waals surface area contributed by atoms with Crippen molar-refractivity contribution in [3.05, 3.63) is 52.9 Å². The Hall–Kier alpha value is -2.14. The standard InChI is InChI=1S/C13H11ClFN3O/c1-16-12-5-2-8(7-17-12)13(19)18-9-3-4-11(15)10(14)6-9/h2-7H,1H3,(H,16,17)(H,18,19). The molecule has 6 heteroatoms. The largest absolute Gasteiger partial charge is 0.373 e. The van der Waals surface area contributed by atoms with Crippen molar-refractivity contribution in [3.8, 4) is 0 Å². The first-order chi connectivity index (χ1) is 9.10. The summed E-state index contributed by atoms with van der Waals surface area (Å²) in [5.41, 5.74) is 0.827. The van der Waals surface area contributed by atoms with Gasteiger partial charge in [-0.15, -0.1) is 0 Å². The molecule has 1 aromatic carbocycles. The lowest BCUT2D eigenvalue weighted by atomic mass is 10.2. The molecule has 0 fully saturated rings. The fraction of sp³-hybridized carbons (Fsp3) is 0.0769. The Balaban J connectivity index is 2.13. The Morgan fingerprint density at radius 2 is 2.11 bits per heavy atom. The van der Waals surface area contributed by atoms with E-state index in [1.54, 1.807) is 19.2 Å². The van der Waals surface area contributed by atoms with Crippen LogP contribution in [-0.4, -0.2) is 17.9 Å². The maximum absolute atomic E-state index is 13.0. The molecular formula is C13H11ClFN3O. The minimum Gasteiger partial charge on any atom is -0.373 e. The van der Waals surface area contributed by atoms with Crippen molar-refractivity contribution >= 4 is 29.0 Å². The molecule has 0 unspecified atom stereocenters. The Morgan fingerprint density at radius 1 is 1.32 bits per heavy atom. The highest BCUT2D eigenvalue weighted by Gasteiger charge is 2.08. The topological polar surface area (TPSA) is 54.0 Å². The van der Waals surface area contributed by atoms with Crippen LogP contribution in [-0.2, 0) is 0 Å². The Labute approximate surface area is 114 Å². The maximum atomic E-state index is 13.0. The number of benzene rings is 1. The summed E-state index contributed by atoms with van der Waals surface area (Å²) in [7, 11) is 1.74. The quantitative estimate of drug-likeness (QED) is 0.907. The molecule has 1 amide bonds. The number of carbonyl (C=O) groups is 1. The van der Waals surface area contributed by atoms with Crippen molar-refractivity contribution in [2.24, 2.45) is 0 Å². The molecule has 0 saturated carbocycles. The van der Waals surface area contributed by atoms with Crippen LogP contribution in [0.1, 0.15) is 10.4 Å². The molecule has 2 rings (SSSR count). The summed E-state index contributed by atoms with van der Waals surface area (Å²) in [4.78, 5) is 15.9. The summed E-state index contributed by atoms with van der Waals surface area (Å²) >= 11 is 5.64. The van der Waals surface area contributed by atoms with Gasteiger partial charge in [0, 0.05) is 18.9 Å². The van der Waals surface area contributed by atoms with E-state index in [0.29, 0.717) is 17.1 Å². The van der Waals surface area contributed by atoms with Crippen molar-refractivity contribution in [2.45, 2.75) is 0 Å². The van der Waals surface area contributed by atoms with Crippen molar-refractivity contribution in [1.29, 1.82) is 0 Å². The van der Waals surface area contributed by atoms with Gasteiger partial charge < -0.3 is 10.6 Å². The van der Waals surface area contributed by atoms with Gasteiger partial charge in [0.15, 0.2) is 0 Å². The van der Waals surface area contributed by atoms with E-state index in [0.717, 1.165) is 0 Å². The molecule has 0 aliphatic heterocycles. The molecule has 19 heavy (non-hydrogen) atoms. The zero-order chi connectivity index (χ0) is 13.8. The normalized spacial score (nSPS) is 10.1. The van der Waals surface area contributed by atoms with E-state index in [-0.39, 0.29) is 10.9 Å². The van der Waals surface area contributed by atoms with E-state index >= 15 is 0 Å². The number of nitrogens with zero attached hydrogens (tertiary/aromatic N) is 1. The summed E-state index contributed by atoms with van der Waals surface area (Å²) < 4.78 is 13.0. The second kappa shape index (κ2) is 5.67. The van der Waals surface area contributed by atoms with Gasteiger partial charge in [0.1, 0.15) is 11.6 Å². The summed E-state index contributed by atoms with van der Waals surface area (Å²) in [6.45, 7) is 0. The smallest absolute Gasteiger partial charge is 0.257 e. The molecule has 0 aliphatic rings. The number of rotatable bonds is 3. The van der Waals surface area contributed by atoms with Crippen LogP contribution in [0.3, 0.4) is 0 Å². The summed E-state index contributed by atoms with van der Waals surface area (Å²) in [6, 6.07) is 7.31. The van der Waals surface area contributed by atoms with Crippen LogP contribution in [0.4, 0.5) is 15.9 Å². The van der Waals surface area contributed by atoms with Gasteiger partial charge in [0.25, 0.3) is 5.91 Å². The zero-order valence-corrected chi connectivity index (χ0v) is 10.8. The van der Waals surface area contributed by atoms with Crippen molar-refractivity contribution < 1.29 is 9.18 Å². The lowest BCUT2D eigenvalue weighted by molar-refractivity contribution is 0.102. The van der Waals surface area contributed by atoms with Crippen LogP contribution in [0.25, 0.3) is 0 Å². The van der Waals surface area contributed by atoms with E-state index in [4.69, 9.17) is 11.6 Å². The summed E-state index contributed by atoms with van der Waals surface area (Å²) in [5.74, 6) is -0.195. The van der Waals surface area contributed by atoms with Crippen LogP contribution in [0.5, 0.6) is 0 Å². The molecule has 2 N–H and O–H groups in total. The van der Waals surface area contributed by atoms with Crippen molar-refractivity contribution in [1.82, 2.24) is 4.98 Å². The van der Waals surface area contributed by atoms with Crippen LogP contribution in [0.2, 0.25) is 5.02 Å². The van der Waals surface area contributed by atoms with Gasteiger partial charge in [-0.3, -0.25) is 4.79 Å². The molecular weight excluding hydrogens is 269 g/mol. The number of halogens is 2. The summed E-state index contributed by atoms with van der Waals surface area (Å²) in [5, 5.41) is 5.43. The Morgan fingerprint density at radius 3 is 2.68 bits per heavy atom. The van der Waals surface area contributed by atoms with Gasteiger partial charge in [0.2, 0.25) is 0 Å². The number of hydrogen-bond donors (Lipinski definition) is 2. The zero-order valence-electron chi connectivity index (χ0n) is 10.1. The van der Waals surface area contributed by atoms with Crippen LogP contribution in [0, 0.1) is 5.82 Å². The third kappa shape index (κ3) is 3.20. The van der Waals surface area contributed by atoms with Gasteiger partial charge in [-0.05, 0) is 30.3 Å². The predicted octanol–water partition coefficient (Wildman–Crippen LogP) is 3.17. The van der Waals surface area contributed by atoms with Gasteiger partial charge in [0.05, 0.1) is 10.6 Å². The van der Waals surface area contributed by atoms with Crippen molar-refractivity contribution in [3.63, 3.8) is 0 Å². The number of nitrogens with one attached hydrogen (secondary N) is 2. The Kier molecular flexibility index (Phi) is 3.97. The molecule has 4 nitrogen and oxygen atoms in total. The van der Waals surface area contributed by atoms with Crippen LogP contribution >= 0.6 is 11.6 Å². The highest BCUT2D eigenvalue weighted by atomic mass is 35.5. The monoisotopic (exact) mass is 279 g/mol. The lowest BCUT2D eigenvalue weighted by Crippen LogP contribution is -2.12. The SMILES string of the molecule is CNc1ccc(C(=O)Nc2ccc(F)c(Cl)c2)cn1. The second-order valence-electron chi connectivity index (χ2n) is 3.77. The number of carbonyl (C=O) groups excluding carboxylic acids is 1. The average Bonchev–Trinajstić information content (AvgIpc) is 2.43. The van der Waals surface area contributed by atoms with Gasteiger partial charge in [-0.25, -0.2) is 9.37 Å². The minimum absolute atomic E-state index is 0.0403. The van der Waals surface area contributed by atoms with Crippen molar-refractivity contribution in [2.75, 3.05) is 17.7 Å². The first-order valence-electron chi connectivity index (χ1n) is 5.50. The fourth-order valence-corrected chi connectivity index (χ4v) is 1.63. The maximum Gasteiger partial charge on any atom is 0.257 e. The van der Waals surface area contributed by atoms with Gasteiger partial charge in [-0.2, -0.15) is 0 Å². The van der Waals surface area contributed by atoms with E-state index < -0.39 is 5.82 Å². The molecule has 1 heterocycles. The average molecular weight is 280 g/mol. The third-order valence-corrected chi connectivity index (χ3v) is 2.75. The molecule has 2 aromatic rings. The van der Waals surface area contributed by atoms with E-state index in [9.17, 15) is 9.18 Å². The van der Waals surface area contributed by atoms with Crippen LogP contribution in [0.15, 0.2) is 36.5 Å². The Bertz CT molecular complexity index is 601. The number of anilines is 2. The van der Waals surface area contributed by atoms with Gasteiger partial charge in [-0.1, -0.05) is 11.6 Å². The summed E-state index contributed by atoms with van der Waals surface area (Å²) in [6.07, 6.45) is 1.45. The molecule has 0 atom stereocenters. The molecule has 0 saturated heterocycles. The van der Waals surface area contributed by atoms with E-state index in [1.165, 1.54) is 24.4 Å². The number of pyridine rings is 1. The molecule has 0 spiro atoms. The minimum atomic E-state index is -0.528. The number of aromatic nitrogens is 1. The van der Waals surface area contributed by atoms with Crippen LogP contribution < -0.4 is 10.6 Å². The number of hydrogen-bond acceptors (Lipinski definition) is 3. The molecule has 0 radical (unpaired) electrons. The fourth-order valence-electron chi connectivity index (χ4n) is 1.45. The first-order valence-corrected chi connectivity index (χ1v) is 5.88. The third-order valence-electron chi connectivity index (χ3n) is 2.46. The predicted molar refractivity (Wildman–Crippen MR) is 73.1 cm³/mol. The lowest BCUT2D eigenvalue weighted by Gasteiger charge is -2.06. The number of amides is 1. The second-order valence-corrected chi connectivity index (χ2v) is 4.17. The highest BCUT2D eigenvalue weighted by Crippen LogP contribution is 2.19. The molecule has 0 aliphatic carbocycles. The van der Waals surface area contributed by atoms with Gasteiger partial charge >= 0.3 is 0 Å². The molecule has 0 bridgehead atoms. The molecule has 98 valence electrons. The highest BCUT2D eigenvalue weighted by molar-refractivity contribution is 6.31. The van der Waals surface area contributed by atoms with E-state index in [2.05, 4.69) is 15.6 Å². The first kappa shape index (κ1) is 13.3. The molecule has 1 aromatic heterocycles. The van der Waals surface area contributed by atoms with E-state index in [1.807, 2.05) is 0 Å².